The number of carboxylic acids is 2. The molecule has 0 spiro atoms. The van der Waals surface area contributed by atoms with E-state index in [2.05, 4.69) is 23.7 Å². The predicted octanol–water partition coefficient (Wildman–Crippen LogP) is 3.46. The lowest BCUT2D eigenvalue weighted by Crippen LogP contribution is -1.95. The molecule has 5 heteroatoms. The van der Waals surface area contributed by atoms with Crippen molar-refractivity contribution in [2.24, 2.45) is 0 Å². The van der Waals surface area contributed by atoms with E-state index >= 15 is 0 Å². The predicted molar refractivity (Wildman–Crippen MR) is 110 cm³/mol. The second kappa shape index (κ2) is 8.47. The van der Waals surface area contributed by atoms with Crippen molar-refractivity contribution in [2.75, 3.05) is 5.73 Å². The monoisotopic (exact) mass is 381 g/mol. The molecule has 0 amide bonds. The average molecular weight is 381 g/mol. The Bertz CT molecular complexity index is 1200. The van der Waals surface area contributed by atoms with Gasteiger partial charge in [-0.1, -0.05) is 23.7 Å². The van der Waals surface area contributed by atoms with Crippen LogP contribution in [0.1, 0.15) is 43.0 Å². The molecule has 0 saturated carbocycles. The quantitative estimate of drug-likeness (QED) is 0.466. The van der Waals surface area contributed by atoms with E-state index in [4.69, 9.17) is 15.9 Å². The molecule has 0 radical (unpaired) electrons. The Morgan fingerprint density at radius 1 is 0.621 bits per heavy atom. The van der Waals surface area contributed by atoms with Crippen molar-refractivity contribution < 1.29 is 19.8 Å². The van der Waals surface area contributed by atoms with Crippen molar-refractivity contribution in [3.63, 3.8) is 0 Å². The summed E-state index contributed by atoms with van der Waals surface area (Å²) in [6.45, 7) is 0. The first-order valence-corrected chi connectivity index (χ1v) is 8.52. The number of carboxylic acid groups (broad SMARTS) is 2. The fraction of sp³-hybridized carbons (Fsp3) is 0. The molecule has 3 aromatic rings. The summed E-state index contributed by atoms with van der Waals surface area (Å²) in [5.74, 6) is 9.91. The Balaban J connectivity index is 1.76. The van der Waals surface area contributed by atoms with Crippen LogP contribution >= 0.6 is 0 Å². The van der Waals surface area contributed by atoms with Gasteiger partial charge in [0, 0.05) is 27.9 Å². The maximum atomic E-state index is 10.9. The van der Waals surface area contributed by atoms with Gasteiger partial charge < -0.3 is 15.9 Å². The minimum absolute atomic E-state index is 0.204. The van der Waals surface area contributed by atoms with Crippen LogP contribution in [0.3, 0.4) is 0 Å². The zero-order valence-electron chi connectivity index (χ0n) is 15.1. The normalized spacial score (nSPS) is 9.52. The fourth-order valence-electron chi connectivity index (χ4n) is 2.43. The lowest BCUT2D eigenvalue weighted by Gasteiger charge is -1.99. The Morgan fingerprint density at radius 2 is 1.03 bits per heavy atom. The number of hydrogen-bond acceptors (Lipinski definition) is 3. The molecule has 0 heterocycles. The van der Waals surface area contributed by atoms with Crippen LogP contribution in [0.15, 0.2) is 66.7 Å². The van der Waals surface area contributed by atoms with Crippen LogP contribution < -0.4 is 5.73 Å². The number of anilines is 1. The smallest absolute Gasteiger partial charge is 0.335 e. The van der Waals surface area contributed by atoms with E-state index < -0.39 is 11.9 Å². The van der Waals surface area contributed by atoms with Gasteiger partial charge in [0.1, 0.15) is 0 Å². The summed E-state index contributed by atoms with van der Waals surface area (Å²) in [5.41, 5.74) is 9.68. The maximum Gasteiger partial charge on any atom is 0.335 e. The molecule has 0 saturated heterocycles. The van der Waals surface area contributed by atoms with Gasteiger partial charge >= 0.3 is 11.9 Å². The van der Waals surface area contributed by atoms with Crippen LogP contribution in [0.2, 0.25) is 0 Å². The van der Waals surface area contributed by atoms with Gasteiger partial charge in [-0.05, 0) is 66.7 Å². The Morgan fingerprint density at radius 3 is 1.48 bits per heavy atom. The van der Waals surface area contributed by atoms with Gasteiger partial charge in [0.25, 0.3) is 0 Å². The number of benzene rings is 3. The summed E-state index contributed by atoms with van der Waals surface area (Å²) < 4.78 is 0. The molecule has 3 rings (SSSR count). The zero-order valence-corrected chi connectivity index (χ0v) is 15.1. The van der Waals surface area contributed by atoms with Gasteiger partial charge in [-0.25, -0.2) is 9.59 Å². The molecule has 3 aromatic carbocycles. The second-order valence-electron chi connectivity index (χ2n) is 6.07. The highest BCUT2D eigenvalue weighted by atomic mass is 16.4. The standard InChI is InChI=1S/C24H15NO4/c25-22-15-18(2-1-16-4-11-20(12-5-16)23(26)27)8-10-19(22)9-3-17-6-13-21(14-7-17)24(28)29/h4-8,10-15H,25H2,(H,26,27)(H,28,29). The van der Waals surface area contributed by atoms with E-state index in [9.17, 15) is 9.59 Å². The van der Waals surface area contributed by atoms with E-state index in [0.29, 0.717) is 27.9 Å². The molecule has 4 N–H and O–H groups in total. The Hall–Kier alpha value is -4.48. The molecule has 0 aromatic heterocycles. The number of aromatic carboxylic acids is 2. The van der Waals surface area contributed by atoms with E-state index in [1.165, 1.54) is 24.3 Å². The molecule has 5 nitrogen and oxygen atoms in total. The van der Waals surface area contributed by atoms with Crippen LogP contribution in [-0.2, 0) is 0 Å². The molecule has 140 valence electrons. The van der Waals surface area contributed by atoms with E-state index in [1.54, 1.807) is 42.5 Å². The minimum atomic E-state index is -0.983. The number of hydrogen-bond donors (Lipinski definition) is 3. The molecule has 0 atom stereocenters. The second-order valence-corrected chi connectivity index (χ2v) is 6.07. The Labute approximate surface area is 167 Å². The molecule has 0 fully saturated rings. The summed E-state index contributed by atoms with van der Waals surface area (Å²) in [6.07, 6.45) is 0. The van der Waals surface area contributed by atoms with Crippen LogP contribution in [0.4, 0.5) is 5.69 Å². The summed E-state index contributed by atoms with van der Waals surface area (Å²) in [4.78, 5) is 21.7. The van der Waals surface area contributed by atoms with Crippen LogP contribution in [0, 0.1) is 23.7 Å². The van der Waals surface area contributed by atoms with Crippen LogP contribution in [-0.4, -0.2) is 22.2 Å². The molecule has 29 heavy (non-hydrogen) atoms. The van der Waals surface area contributed by atoms with Crippen LogP contribution in [0.25, 0.3) is 0 Å². The molecule has 0 aliphatic carbocycles. The number of nitrogen functional groups attached to an aromatic ring is 1. The molecular weight excluding hydrogens is 366 g/mol. The lowest BCUT2D eigenvalue weighted by atomic mass is 10.1. The average Bonchev–Trinajstić information content (AvgIpc) is 2.72. The first-order chi connectivity index (χ1) is 13.9. The third-order valence-corrected chi connectivity index (χ3v) is 4.01. The van der Waals surface area contributed by atoms with Gasteiger partial charge in [-0.3, -0.25) is 0 Å². The van der Waals surface area contributed by atoms with Crippen LogP contribution in [0.5, 0.6) is 0 Å². The van der Waals surface area contributed by atoms with Gasteiger partial charge in [0.05, 0.1) is 11.1 Å². The van der Waals surface area contributed by atoms with E-state index in [1.807, 2.05) is 0 Å². The summed E-state index contributed by atoms with van der Waals surface area (Å²) in [7, 11) is 0. The fourth-order valence-corrected chi connectivity index (χ4v) is 2.43. The summed E-state index contributed by atoms with van der Waals surface area (Å²) in [6, 6.07) is 17.9. The topological polar surface area (TPSA) is 101 Å². The highest BCUT2D eigenvalue weighted by Crippen LogP contribution is 2.13. The summed E-state index contributed by atoms with van der Waals surface area (Å²) >= 11 is 0. The first-order valence-electron chi connectivity index (χ1n) is 8.52. The van der Waals surface area contributed by atoms with Crippen molar-refractivity contribution >= 4 is 17.6 Å². The SMILES string of the molecule is Nc1cc(C#Cc2ccc(C(=O)O)cc2)ccc1C#Cc1ccc(C(=O)O)cc1. The number of rotatable bonds is 2. The maximum absolute atomic E-state index is 10.9. The molecule has 0 unspecified atom stereocenters. The van der Waals surface area contributed by atoms with Crippen molar-refractivity contribution in [1.82, 2.24) is 0 Å². The van der Waals surface area contributed by atoms with Gasteiger partial charge in [-0.15, -0.1) is 0 Å². The highest BCUT2D eigenvalue weighted by Gasteiger charge is 2.02. The molecular formula is C24H15NO4. The Kier molecular flexibility index (Phi) is 5.64. The van der Waals surface area contributed by atoms with Gasteiger partial charge in [0.15, 0.2) is 0 Å². The first kappa shape index (κ1) is 19.3. The van der Waals surface area contributed by atoms with E-state index in [-0.39, 0.29) is 11.1 Å². The van der Waals surface area contributed by atoms with Gasteiger partial charge in [0.2, 0.25) is 0 Å². The molecule has 0 aliphatic rings. The zero-order chi connectivity index (χ0) is 20.8. The van der Waals surface area contributed by atoms with Crippen molar-refractivity contribution in [1.29, 1.82) is 0 Å². The van der Waals surface area contributed by atoms with Crippen molar-refractivity contribution in [3.05, 3.63) is 100 Å². The summed E-state index contributed by atoms with van der Waals surface area (Å²) in [5, 5.41) is 17.8. The van der Waals surface area contributed by atoms with Gasteiger partial charge in [-0.2, -0.15) is 0 Å². The minimum Gasteiger partial charge on any atom is -0.478 e. The highest BCUT2D eigenvalue weighted by molar-refractivity contribution is 5.88. The van der Waals surface area contributed by atoms with Crippen molar-refractivity contribution in [2.45, 2.75) is 0 Å². The molecule has 0 bridgehead atoms. The van der Waals surface area contributed by atoms with E-state index in [0.717, 1.165) is 0 Å². The largest absolute Gasteiger partial charge is 0.478 e. The molecule has 0 aliphatic heterocycles. The number of carbonyl (C=O) groups is 2. The third kappa shape index (κ3) is 5.03. The van der Waals surface area contributed by atoms with Crippen molar-refractivity contribution in [3.8, 4) is 23.7 Å². The lowest BCUT2D eigenvalue weighted by molar-refractivity contribution is 0.0686. The third-order valence-electron chi connectivity index (χ3n) is 4.01. The number of nitrogens with two attached hydrogens (primary N) is 1.